The average molecular weight is 295 g/mol. The lowest BCUT2D eigenvalue weighted by molar-refractivity contribution is 0.706. The van der Waals surface area contributed by atoms with Crippen molar-refractivity contribution < 1.29 is 0 Å². The van der Waals surface area contributed by atoms with Gasteiger partial charge in [0, 0.05) is 34.4 Å². The maximum atomic E-state index is 6.18. The van der Waals surface area contributed by atoms with E-state index >= 15 is 0 Å². The van der Waals surface area contributed by atoms with E-state index in [1.54, 1.807) is 12.1 Å². The molecular formula is C15H16Cl2N2. The highest BCUT2D eigenvalue weighted by Gasteiger charge is 2.12. The average Bonchev–Trinajstić information content (AvgIpc) is 2.42. The molecule has 0 amide bonds. The number of pyridine rings is 1. The molecule has 19 heavy (non-hydrogen) atoms. The zero-order valence-electron chi connectivity index (χ0n) is 10.7. The molecular weight excluding hydrogens is 279 g/mol. The first-order valence-corrected chi connectivity index (χ1v) is 7.00. The Morgan fingerprint density at radius 1 is 1.21 bits per heavy atom. The van der Waals surface area contributed by atoms with Crippen molar-refractivity contribution in [2.45, 2.75) is 25.8 Å². The summed E-state index contributed by atoms with van der Waals surface area (Å²) in [4.78, 5) is 4.41. The normalized spacial score (nSPS) is 12.4. The van der Waals surface area contributed by atoms with Crippen molar-refractivity contribution >= 4 is 23.2 Å². The summed E-state index contributed by atoms with van der Waals surface area (Å²) < 4.78 is 0. The molecule has 2 nitrogen and oxygen atoms in total. The van der Waals surface area contributed by atoms with E-state index in [0.29, 0.717) is 16.5 Å². The Labute approximate surface area is 123 Å². The topological polar surface area (TPSA) is 38.9 Å². The summed E-state index contributed by atoms with van der Waals surface area (Å²) in [7, 11) is 0. The lowest BCUT2D eigenvalue weighted by atomic mass is 10.0. The fourth-order valence-corrected chi connectivity index (χ4v) is 2.36. The van der Waals surface area contributed by atoms with E-state index < -0.39 is 0 Å². The van der Waals surface area contributed by atoms with Gasteiger partial charge in [0.1, 0.15) is 0 Å². The van der Waals surface area contributed by atoms with Gasteiger partial charge < -0.3 is 5.73 Å². The molecule has 1 heterocycles. The first kappa shape index (κ1) is 14.3. The Morgan fingerprint density at radius 2 is 2.00 bits per heavy atom. The van der Waals surface area contributed by atoms with Gasteiger partial charge in [-0.25, -0.2) is 0 Å². The Kier molecular flexibility index (Phi) is 4.81. The van der Waals surface area contributed by atoms with E-state index in [9.17, 15) is 0 Å². The van der Waals surface area contributed by atoms with Crippen LogP contribution in [0.5, 0.6) is 0 Å². The summed E-state index contributed by atoms with van der Waals surface area (Å²) in [6, 6.07) is 9.23. The van der Waals surface area contributed by atoms with Crippen LogP contribution in [0.25, 0.3) is 0 Å². The van der Waals surface area contributed by atoms with Crippen molar-refractivity contribution in [2.75, 3.05) is 0 Å². The van der Waals surface area contributed by atoms with E-state index in [-0.39, 0.29) is 6.04 Å². The highest BCUT2D eigenvalue weighted by molar-refractivity contribution is 6.33. The molecule has 4 heteroatoms. The second-order valence-corrected chi connectivity index (χ2v) is 5.33. The third kappa shape index (κ3) is 3.69. The van der Waals surface area contributed by atoms with Crippen LogP contribution in [0.2, 0.25) is 10.0 Å². The fraction of sp³-hybridized carbons (Fsp3) is 0.267. The van der Waals surface area contributed by atoms with Gasteiger partial charge in [-0.3, -0.25) is 4.98 Å². The molecule has 0 radical (unpaired) electrons. The Morgan fingerprint density at radius 3 is 2.63 bits per heavy atom. The summed E-state index contributed by atoms with van der Waals surface area (Å²) in [6.45, 7) is 2.11. The lowest BCUT2D eigenvalue weighted by Gasteiger charge is -2.14. The summed E-state index contributed by atoms with van der Waals surface area (Å²) in [5, 5.41) is 1.28. The Hall–Kier alpha value is -1.09. The van der Waals surface area contributed by atoms with Gasteiger partial charge in [0.25, 0.3) is 0 Å². The van der Waals surface area contributed by atoms with Crippen LogP contribution >= 0.6 is 23.2 Å². The number of halogens is 2. The van der Waals surface area contributed by atoms with Crippen LogP contribution in [0.15, 0.2) is 36.5 Å². The van der Waals surface area contributed by atoms with Gasteiger partial charge in [0.2, 0.25) is 0 Å². The first-order valence-electron chi connectivity index (χ1n) is 6.24. The van der Waals surface area contributed by atoms with Crippen molar-refractivity contribution in [3.63, 3.8) is 0 Å². The Bertz CT molecular complexity index is 553. The number of aryl methyl sites for hydroxylation is 1. The number of nitrogens with two attached hydrogens (primary N) is 1. The standard InChI is InChI=1S/C15H16Cl2N2/c1-2-10-3-5-12(19-9-10)8-15(18)13-7-11(16)4-6-14(13)17/h3-7,9,15H,2,8,18H2,1H3. The molecule has 0 aliphatic carbocycles. The van der Waals surface area contributed by atoms with Gasteiger partial charge >= 0.3 is 0 Å². The second-order valence-electron chi connectivity index (χ2n) is 4.49. The third-order valence-corrected chi connectivity index (χ3v) is 3.66. The molecule has 1 aromatic heterocycles. The van der Waals surface area contributed by atoms with Crippen LogP contribution in [-0.4, -0.2) is 4.98 Å². The third-order valence-electron chi connectivity index (χ3n) is 3.08. The maximum Gasteiger partial charge on any atom is 0.0454 e. The second kappa shape index (κ2) is 6.38. The van der Waals surface area contributed by atoms with Crippen molar-refractivity contribution in [3.05, 3.63) is 63.4 Å². The predicted molar refractivity (Wildman–Crippen MR) is 80.7 cm³/mol. The van der Waals surface area contributed by atoms with Crippen LogP contribution in [-0.2, 0) is 12.8 Å². The summed E-state index contributed by atoms with van der Waals surface area (Å²) in [6.07, 6.45) is 3.52. The fourth-order valence-electron chi connectivity index (χ4n) is 1.92. The van der Waals surface area contributed by atoms with Crippen LogP contribution in [0.3, 0.4) is 0 Å². The number of nitrogens with zero attached hydrogens (tertiary/aromatic N) is 1. The molecule has 100 valence electrons. The smallest absolute Gasteiger partial charge is 0.0454 e. The SMILES string of the molecule is CCc1ccc(CC(N)c2cc(Cl)ccc2Cl)nc1. The number of rotatable bonds is 4. The molecule has 2 N–H and O–H groups in total. The van der Waals surface area contributed by atoms with Gasteiger partial charge in [0.05, 0.1) is 0 Å². The van der Waals surface area contributed by atoms with Crippen LogP contribution in [0.1, 0.15) is 29.8 Å². The maximum absolute atomic E-state index is 6.18. The van der Waals surface area contributed by atoms with Crippen LogP contribution in [0.4, 0.5) is 0 Å². The predicted octanol–water partition coefficient (Wildman–Crippen LogP) is 4.19. The molecule has 0 saturated heterocycles. The van der Waals surface area contributed by atoms with Gasteiger partial charge in [-0.05, 0) is 41.8 Å². The van der Waals surface area contributed by atoms with Gasteiger partial charge in [0.15, 0.2) is 0 Å². The first-order chi connectivity index (χ1) is 9.10. The molecule has 1 atom stereocenters. The lowest BCUT2D eigenvalue weighted by Crippen LogP contribution is -2.14. The number of hydrogen-bond donors (Lipinski definition) is 1. The summed E-state index contributed by atoms with van der Waals surface area (Å²) in [5.41, 5.74) is 9.22. The van der Waals surface area contributed by atoms with E-state index in [1.807, 2.05) is 18.3 Å². The molecule has 0 spiro atoms. The minimum absolute atomic E-state index is 0.203. The molecule has 1 unspecified atom stereocenters. The largest absolute Gasteiger partial charge is 0.324 e. The molecule has 0 fully saturated rings. The van der Waals surface area contributed by atoms with Crippen molar-refractivity contribution in [2.24, 2.45) is 5.73 Å². The summed E-state index contributed by atoms with van der Waals surface area (Å²) >= 11 is 12.1. The highest BCUT2D eigenvalue weighted by atomic mass is 35.5. The molecule has 1 aromatic carbocycles. The Balaban J connectivity index is 2.15. The van der Waals surface area contributed by atoms with E-state index in [1.165, 1.54) is 5.56 Å². The highest BCUT2D eigenvalue weighted by Crippen LogP contribution is 2.26. The van der Waals surface area contributed by atoms with Gasteiger partial charge in [-0.2, -0.15) is 0 Å². The van der Waals surface area contributed by atoms with E-state index in [0.717, 1.165) is 17.7 Å². The van der Waals surface area contributed by atoms with E-state index in [2.05, 4.69) is 18.0 Å². The minimum Gasteiger partial charge on any atom is -0.324 e. The summed E-state index contributed by atoms with van der Waals surface area (Å²) in [5.74, 6) is 0. The van der Waals surface area contributed by atoms with Crippen LogP contribution < -0.4 is 5.73 Å². The molecule has 2 rings (SSSR count). The van der Waals surface area contributed by atoms with Gasteiger partial charge in [-0.15, -0.1) is 0 Å². The molecule has 0 aliphatic rings. The molecule has 0 bridgehead atoms. The zero-order chi connectivity index (χ0) is 13.8. The van der Waals surface area contributed by atoms with Crippen LogP contribution in [0, 0.1) is 0 Å². The zero-order valence-corrected chi connectivity index (χ0v) is 12.2. The number of hydrogen-bond acceptors (Lipinski definition) is 2. The molecule has 0 saturated carbocycles. The molecule has 0 aliphatic heterocycles. The van der Waals surface area contributed by atoms with Crippen molar-refractivity contribution in [3.8, 4) is 0 Å². The van der Waals surface area contributed by atoms with Crippen molar-refractivity contribution in [1.29, 1.82) is 0 Å². The number of aromatic nitrogens is 1. The van der Waals surface area contributed by atoms with Crippen molar-refractivity contribution in [1.82, 2.24) is 4.98 Å². The van der Waals surface area contributed by atoms with E-state index in [4.69, 9.17) is 28.9 Å². The molecule has 2 aromatic rings. The monoisotopic (exact) mass is 294 g/mol. The minimum atomic E-state index is -0.203. The quantitative estimate of drug-likeness (QED) is 0.918. The van der Waals surface area contributed by atoms with Gasteiger partial charge in [-0.1, -0.05) is 36.2 Å². The number of benzene rings is 1.